The molecule has 4 nitrogen and oxygen atoms in total. The SMILES string of the molecule is CCCN(C(=O)CC)c1ccccc1C(N)=O. The molecule has 1 aromatic rings. The van der Waals surface area contributed by atoms with E-state index < -0.39 is 5.91 Å². The molecule has 0 saturated carbocycles. The summed E-state index contributed by atoms with van der Waals surface area (Å²) in [5.41, 5.74) is 6.31. The molecule has 92 valence electrons. The van der Waals surface area contributed by atoms with Crippen LogP contribution >= 0.6 is 0 Å². The molecule has 0 bridgehead atoms. The van der Waals surface area contributed by atoms with Crippen LogP contribution < -0.4 is 10.6 Å². The Labute approximate surface area is 101 Å². The molecule has 0 unspecified atom stereocenters. The number of nitrogens with zero attached hydrogens (tertiary/aromatic N) is 1. The van der Waals surface area contributed by atoms with E-state index in [1.165, 1.54) is 0 Å². The van der Waals surface area contributed by atoms with Crippen molar-refractivity contribution in [3.63, 3.8) is 0 Å². The standard InChI is InChI=1S/C13H18N2O2/c1-3-9-15(12(16)4-2)11-8-6-5-7-10(11)13(14)17/h5-8H,3-4,9H2,1-2H3,(H2,14,17). The molecule has 4 heteroatoms. The van der Waals surface area contributed by atoms with Gasteiger partial charge in [0.1, 0.15) is 0 Å². The highest BCUT2D eigenvalue weighted by Gasteiger charge is 2.18. The lowest BCUT2D eigenvalue weighted by molar-refractivity contribution is -0.118. The van der Waals surface area contributed by atoms with E-state index in [4.69, 9.17) is 5.73 Å². The second kappa shape index (κ2) is 6.03. The second-order valence-corrected chi connectivity index (χ2v) is 3.78. The summed E-state index contributed by atoms with van der Waals surface area (Å²) in [5.74, 6) is -0.508. The largest absolute Gasteiger partial charge is 0.366 e. The van der Waals surface area contributed by atoms with Gasteiger partial charge in [0, 0.05) is 13.0 Å². The number of rotatable bonds is 5. The van der Waals surface area contributed by atoms with Crippen molar-refractivity contribution >= 4 is 17.5 Å². The number of nitrogens with two attached hydrogens (primary N) is 1. The zero-order valence-electron chi connectivity index (χ0n) is 10.3. The van der Waals surface area contributed by atoms with E-state index in [2.05, 4.69) is 0 Å². The summed E-state index contributed by atoms with van der Waals surface area (Å²) < 4.78 is 0. The van der Waals surface area contributed by atoms with Gasteiger partial charge in [-0.3, -0.25) is 9.59 Å². The van der Waals surface area contributed by atoms with E-state index in [9.17, 15) is 9.59 Å². The molecule has 1 aromatic carbocycles. The van der Waals surface area contributed by atoms with Crippen molar-refractivity contribution in [1.82, 2.24) is 0 Å². The highest BCUT2D eigenvalue weighted by Crippen LogP contribution is 2.21. The summed E-state index contributed by atoms with van der Waals surface area (Å²) in [7, 11) is 0. The molecular formula is C13H18N2O2. The van der Waals surface area contributed by atoms with Gasteiger partial charge >= 0.3 is 0 Å². The van der Waals surface area contributed by atoms with Crippen LogP contribution in [0.15, 0.2) is 24.3 Å². The molecule has 2 N–H and O–H groups in total. The van der Waals surface area contributed by atoms with Crippen LogP contribution in [0, 0.1) is 0 Å². The number of carbonyl (C=O) groups excluding carboxylic acids is 2. The third-order valence-corrected chi connectivity index (χ3v) is 2.51. The molecule has 17 heavy (non-hydrogen) atoms. The fourth-order valence-electron chi connectivity index (χ4n) is 1.71. The molecule has 2 amide bonds. The predicted molar refractivity (Wildman–Crippen MR) is 67.9 cm³/mol. The van der Waals surface area contributed by atoms with E-state index in [1.807, 2.05) is 6.92 Å². The molecule has 0 spiro atoms. The van der Waals surface area contributed by atoms with Crippen LogP contribution in [0.4, 0.5) is 5.69 Å². The molecule has 0 aliphatic heterocycles. The van der Waals surface area contributed by atoms with Crippen LogP contribution in [0.25, 0.3) is 0 Å². The Morgan fingerprint density at radius 3 is 2.41 bits per heavy atom. The Bertz CT molecular complexity index is 416. The number of amides is 2. The number of hydrogen-bond acceptors (Lipinski definition) is 2. The Balaban J connectivity index is 3.17. The van der Waals surface area contributed by atoms with Gasteiger partial charge in [-0.25, -0.2) is 0 Å². The van der Waals surface area contributed by atoms with Gasteiger partial charge in [-0.05, 0) is 18.6 Å². The van der Waals surface area contributed by atoms with Gasteiger partial charge in [0.15, 0.2) is 0 Å². The molecule has 0 aliphatic carbocycles. The second-order valence-electron chi connectivity index (χ2n) is 3.78. The molecular weight excluding hydrogens is 216 g/mol. The van der Waals surface area contributed by atoms with Crippen LogP contribution in [0.5, 0.6) is 0 Å². The minimum absolute atomic E-state index is 0.000509. The summed E-state index contributed by atoms with van der Waals surface area (Å²) in [6.45, 7) is 4.39. The zero-order valence-corrected chi connectivity index (χ0v) is 10.3. The molecule has 0 heterocycles. The number of benzene rings is 1. The first-order valence-electron chi connectivity index (χ1n) is 5.81. The van der Waals surface area contributed by atoms with E-state index in [0.29, 0.717) is 24.2 Å². The molecule has 0 fully saturated rings. The van der Waals surface area contributed by atoms with Gasteiger partial charge in [0.25, 0.3) is 5.91 Å². The smallest absolute Gasteiger partial charge is 0.250 e. The van der Waals surface area contributed by atoms with Crippen molar-refractivity contribution in [2.24, 2.45) is 5.73 Å². The predicted octanol–water partition coefficient (Wildman–Crippen LogP) is 1.94. The third-order valence-electron chi connectivity index (χ3n) is 2.51. The number of anilines is 1. The fourth-order valence-corrected chi connectivity index (χ4v) is 1.71. The van der Waals surface area contributed by atoms with Crippen LogP contribution in [0.2, 0.25) is 0 Å². The topological polar surface area (TPSA) is 63.4 Å². The van der Waals surface area contributed by atoms with Crippen molar-refractivity contribution < 1.29 is 9.59 Å². The normalized spacial score (nSPS) is 10.0. The minimum atomic E-state index is -0.509. The molecule has 0 radical (unpaired) electrons. The van der Waals surface area contributed by atoms with Crippen LogP contribution in [-0.2, 0) is 4.79 Å². The van der Waals surface area contributed by atoms with Gasteiger partial charge < -0.3 is 10.6 Å². The highest BCUT2D eigenvalue weighted by atomic mass is 16.2. The summed E-state index contributed by atoms with van der Waals surface area (Å²) in [6, 6.07) is 6.93. The van der Waals surface area contributed by atoms with Gasteiger partial charge in [-0.15, -0.1) is 0 Å². The Morgan fingerprint density at radius 1 is 1.24 bits per heavy atom. The Kier molecular flexibility index (Phi) is 4.69. The van der Waals surface area contributed by atoms with E-state index >= 15 is 0 Å². The first-order valence-corrected chi connectivity index (χ1v) is 5.81. The molecule has 1 rings (SSSR count). The maximum atomic E-state index is 11.9. The lowest BCUT2D eigenvalue weighted by atomic mass is 10.1. The summed E-state index contributed by atoms with van der Waals surface area (Å²) in [5, 5.41) is 0. The quantitative estimate of drug-likeness (QED) is 0.846. The maximum absolute atomic E-state index is 11.9. The summed E-state index contributed by atoms with van der Waals surface area (Å²) in [6.07, 6.45) is 1.24. The van der Waals surface area contributed by atoms with Crippen molar-refractivity contribution in [3.8, 4) is 0 Å². The average Bonchev–Trinajstić information content (AvgIpc) is 2.35. The molecule has 0 aromatic heterocycles. The minimum Gasteiger partial charge on any atom is -0.366 e. The van der Waals surface area contributed by atoms with Crippen molar-refractivity contribution in [2.45, 2.75) is 26.7 Å². The van der Waals surface area contributed by atoms with Crippen LogP contribution in [0.1, 0.15) is 37.0 Å². The monoisotopic (exact) mass is 234 g/mol. The Morgan fingerprint density at radius 2 is 1.88 bits per heavy atom. The van der Waals surface area contributed by atoms with E-state index in [1.54, 1.807) is 36.1 Å². The van der Waals surface area contributed by atoms with Gasteiger partial charge in [-0.2, -0.15) is 0 Å². The molecule has 0 aliphatic rings. The van der Waals surface area contributed by atoms with E-state index in [-0.39, 0.29) is 5.91 Å². The zero-order chi connectivity index (χ0) is 12.8. The number of primary amides is 1. The van der Waals surface area contributed by atoms with Gasteiger partial charge in [-0.1, -0.05) is 26.0 Å². The number of para-hydroxylation sites is 1. The first kappa shape index (κ1) is 13.2. The first-order chi connectivity index (χ1) is 8.11. The summed E-state index contributed by atoms with van der Waals surface area (Å²) in [4.78, 5) is 24.8. The third kappa shape index (κ3) is 3.06. The van der Waals surface area contributed by atoms with Gasteiger partial charge in [0.2, 0.25) is 5.91 Å². The lowest BCUT2D eigenvalue weighted by Gasteiger charge is -2.23. The number of carbonyl (C=O) groups is 2. The molecule has 0 atom stereocenters. The van der Waals surface area contributed by atoms with Crippen molar-refractivity contribution in [3.05, 3.63) is 29.8 Å². The molecule has 0 saturated heterocycles. The Hall–Kier alpha value is -1.84. The number of hydrogen-bond donors (Lipinski definition) is 1. The highest BCUT2D eigenvalue weighted by molar-refractivity contribution is 6.04. The fraction of sp³-hybridized carbons (Fsp3) is 0.385. The maximum Gasteiger partial charge on any atom is 0.250 e. The van der Waals surface area contributed by atoms with Crippen molar-refractivity contribution in [1.29, 1.82) is 0 Å². The van der Waals surface area contributed by atoms with E-state index in [0.717, 1.165) is 6.42 Å². The average molecular weight is 234 g/mol. The van der Waals surface area contributed by atoms with Gasteiger partial charge in [0.05, 0.1) is 11.3 Å². The summed E-state index contributed by atoms with van der Waals surface area (Å²) >= 11 is 0. The lowest BCUT2D eigenvalue weighted by Crippen LogP contribution is -2.33. The van der Waals surface area contributed by atoms with Crippen molar-refractivity contribution in [2.75, 3.05) is 11.4 Å². The van der Waals surface area contributed by atoms with Crippen LogP contribution in [0.3, 0.4) is 0 Å². The van der Waals surface area contributed by atoms with Crippen LogP contribution in [-0.4, -0.2) is 18.4 Å².